The van der Waals surface area contributed by atoms with Crippen molar-refractivity contribution in [1.29, 1.82) is 0 Å². The number of methoxy groups -OCH3 is 1. The van der Waals surface area contributed by atoms with Gasteiger partial charge in [-0.3, -0.25) is 14.9 Å². The molecule has 3 aromatic rings. The van der Waals surface area contributed by atoms with Crippen molar-refractivity contribution in [3.05, 3.63) is 72.7 Å². The number of rotatable bonds is 8. The Hall–Kier alpha value is -3.60. The molecule has 0 N–H and O–H groups in total. The van der Waals surface area contributed by atoms with E-state index in [-0.39, 0.29) is 22.9 Å². The summed E-state index contributed by atoms with van der Waals surface area (Å²) in [7, 11) is 1.19. The second-order valence-corrected chi connectivity index (χ2v) is 8.07. The summed E-state index contributed by atoms with van der Waals surface area (Å²) < 4.78 is 11.6. The molecule has 11 heteroatoms. The summed E-state index contributed by atoms with van der Waals surface area (Å²) in [5.41, 5.74) is 0.231. The molecule has 0 spiro atoms. The van der Waals surface area contributed by atoms with Gasteiger partial charge in [0.05, 0.1) is 29.2 Å². The first-order valence-corrected chi connectivity index (χ1v) is 10.8. The molecule has 0 aliphatic heterocycles. The maximum atomic E-state index is 13.2. The molecule has 1 atom stereocenters. The molecule has 0 saturated carbocycles. The van der Waals surface area contributed by atoms with E-state index in [0.29, 0.717) is 22.3 Å². The highest BCUT2D eigenvalue weighted by atomic mass is 79.9. The van der Waals surface area contributed by atoms with E-state index in [4.69, 9.17) is 4.74 Å². The molecule has 0 unspecified atom stereocenters. The molecule has 10 nitrogen and oxygen atoms in total. The minimum Gasteiger partial charge on any atom is -0.475 e. The van der Waals surface area contributed by atoms with Crippen molar-refractivity contribution in [1.82, 2.24) is 9.66 Å². The van der Waals surface area contributed by atoms with Gasteiger partial charge in [0.2, 0.25) is 0 Å². The Morgan fingerprint density at radius 2 is 2.09 bits per heavy atom. The van der Waals surface area contributed by atoms with Crippen molar-refractivity contribution < 1.29 is 19.2 Å². The van der Waals surface area contributed by atoms with Crippen LogP contribution in [0.15, 0.2) is 50.8 Å². The smallest absolute Gasteiger partial charge is 0.343 e. The third-order valence-electron chi connectivity index (χ3n) is 4.96. The largest absolute Gasteiger partial charge is 0.475 e. The number of benzene rings is 2. The number of nitro groups is 1. The second-order valence-electron chi connectivity index (χ2n) is 7.15. The predicted octanol–water partition coefficient (Wildman–Crippen LogP) is 4.01. The molecule has 0 bridgehead atoms. The fraction of sp³-hybridized carbons (Fsp3) is 0.273. The summed E-state index contributed by atoms with van der Waals surface area (Å²) in [5.74, 6) is -0.313. The van der Waals surface area contributed by atoms with Crippen LogP contribution in [0.4, 0.5) is 5.69 Å². The predicted molar refractivity (Wildman–Crippen MR) is 126 cm³/mol. The third-order valence-corrected chi connectivity index (χ3v) is 5.45. The van der Waals surface area contributed by atoms with E-state index in [1.165, 1.54) is 36.2 Å². The average molecular weight is 517 g/mol. The number of fused-ring (bicyclic) bond motifs is 1. The van der Waals surface area contributed by atoms with Gasteiger partial charge >= 0.3 is 11.7 Å². The highest BCUT2D eigenvalue weighted by molar-refractivity contribution is 9.10. The van der Waals surface area contributed by atoms with Gasteiger partial charge in [0.25, 0.3) is 5.56 Å². The number of nitrogens with zero attached hydrogens (tertiary/aromatic N) is 4. The molecule has 0 saturated heterocycles. The van der Waals surface area contributed by atoms with Gasteiger partial charge in [-0.25, -0.2) is 9.78 Å². The molecule has 172 valence electrons. The lowest BCUT2D eigenvalue weighted by atomic mass is 10.1. The van der Waals surface area contributed by atoms with Crippen LogP contribution < -0.4 is 10.3 Å². The lowest BCUT2D eigenvalue weighted by Crippen LogP contribution is -2.23. The molecule has 0 aliphatic carbocycles. The minimum atomic E-state index is -0.665. The van der Waals surface area contributed by atoms with Crippen molar-refractivity contribution in [2.75, 3.05) is 13.7 Å². The molecule has 0 radical (unpaired) electrons. The molecule has 3 rings (SSSR count). The fourth-order valence-electron chi connectivity index (χ4n) is 2.98. The SMILES string of the molecule is CC[C@@H](C)c1nc2ccc(Br)cc2c(=O)n1N=Cc1ccc(OCC(=O)OC)c([N+](=O)[O-])c1. The van der Waals surface area contributed by atoms with Crippen LogP contribution in [0, 0.1) is 10.1 Å². The number of nitro benzene ring substituents is 1. The quantitative estimate of drug-likeness (QED) is 0.191. The fourth-order valence-corrected chi connectivity index (χ4v) is 3.34. The van der Waals surface area contributed by atoms with Crippen LogP contribution in [0.5, 0.6) is 5.75 Å². The van der Waals surface area contributed by atoms with Gasteiger partial charge in [0, 0.05) is 22.0 Å². The van der Waals surface area contributed by atoms with Gasteiger partial charge in [-0.15, -0.1) is 0 Å². The summed E-state index contributed by atoms with van der Waals surface area (Å²) in [6.45, 7) is 3.46. The van der Waals surface area contributed by atoms with E-state index in [2.05, 4.69) is 30.8 Å². The van der Waals surface area contributed by atoms with Gasteiger partial charge in [0.15, 0.2) is 12.4 Å². The standard InChI is InChI=1S/C22H21BrN4O6/c1-4-13(2)21-25-17-7-6-15(23)10-16(17)22(29)26(21)24-11-14-5-8-19(18(9-14)27(30)31)33-12-20(28)32-3/h5-11,13H,4,12H2,1-3H3/t13-/m1/s1. The van der Waals surface area contributed by atoms with E-state index in [1.54, 1.807) is 12.1 Å². The number of esters is 1. The van der Waals surface area contributed by atoms with Crippen LogP contribution in [0.25, 0.3) is 10.9 Å². The van der Waals surface area contributed by atoms with Crippen LogP contribution in [0.2, 0.25) is 0 Å². The first-order valence-electron chi connectivity index (χ1n) is 9.99. The molecule has 0 amide bonds. The zero-order valence-corrected chi connectivity index (χ0v) is 19.7. The van der Waals surface area contributed by atoms with Crippen LogP contribution in [0.1, 0.15) is 37.6 Å². The first kappa shape index (κ1) is 24.1. The van der Waals surface area contributed by atoms with Crippen LogP contribution in [-0.2, 0) is 9.53 Å². The van der Waals surface area contributed by atoms with Crippen LogP contribution in [0.3, 0.4) is 0 Å². The van der Waals surface area contributed by atoms with E-state index < -0.39 is 17.5 Å². The van der Waals surface area contributed by atoms with Crippen molar-refractivity contribution in [2.24, 2.45) is 5.10 Å². The first-order chi connectivity index (χ1) is 15.7. The summed E-state index contributed by atoms with van der Waals surface area (Å²) in [5, 5.41) is 16.2. The molecular weight excluding hydrogens is 496 g/mol. The molecule has 1 heterocycles. The maximum absolute atomic E-state index is 13.2. The number of carbonyl (C=O) groups is 1. The molecule has 33 heavy (non-hydrogen) atoms. The Bertz CT molecular complexity index is 1300. The van der Waals surface area contributed by atoms with E-state index in [9.17, 15) is 19.7 Å². The molecule has 1 aromatic heterocycles. The zero-order valence-electron chi connectivity index (χ0n) is 18.1. The number of hydrogen-bond acceptors (Lipinski definition) is 8. The summed E-state index contributed by atoms with van der Waals surface area (Å²) in [6, 6.07) is 9.38. The van der Waals surface area contributed by atoms with Gasteiger partial charge in [-0.05, 0) is 36.8 Å². The van der Waals surface area contributed by atoms with Gasteiger partial charge < -0.3 is 9.47 Å². The maximum Gasteiger partial charge on any atom is 0.343 e. The number of ether oxygens (including phenoxy) is 2. The summed E-state index contributed by atoms with van der Waals surface area (Å²) in [6.07, 6.45) is 2.08. The summed E-state index contributed by atoms with van der Waals surface area (Å²) in [4.78, 5) is 39.9. The minimum absolute atomic E-state index is 0.0497. The number of aromatic nitrogens is 2. The van der Waals surface area contributed by atoms with Gasteiger partial charge in [0.1, 0.15) is 5.82 Å². The Morgan fingerprint density at radius 1 is 1.33 bits per heavy atom. The van der Waals surface area contributed by atoms with Crippen molar-refractivity contribution in [3.63, 3.8) is 0 Å². The van der Waals surface area contributed by atoms with Crippen LogP contribution >= 0.6 is 15.9 Å². The lowest BCUT2D eigenvalue weighted by molar-refractivity contribution is -0.385. The normalized spacial score (nSPS) is 12.1. The zero-order chi connectivity index (χ0) is 24.1. The molecule has 2 aromatic carbocycles. The van der Waals surface area contributed by atoms with E-state index >= 15 is 0 Å². The molecule has 0 aliphatic rings. The Balaban J connectivity index is 2.05. The Labute approximate surface area is 197 Å². The van der Waals surface area contributed by atoms with Crippen LogP contribution in [-0.4, -0.2) is 40.5 Å². The highest BCUT2D eigenvalue weighted by Crippen LogP contribution is 2.28. The number of carbonyl (C=O) groups excluding carboxylic acids is 1. The van der Waals surface area contributed by atoms with Crippen molar-refractivity contribution >= 4 is 44.7 Å². The summed E-state index contributed by atoms with van der Waals surface area (Å²) >= 11 is 3.36. The van der Waals surface area contributed by atoms with Crippen molar-refractivity contribution in [3.8, 4) is 5.75 Å². The van der Waals surface area contributed by atoms with E-state index in [0.717, 1.165) is 10.9 Å². The third kappa shape index (κ3) is 5.43. The molecule has 0 fully saturated rings. The van der Waals surface area contributed by atoms with Crippen molar-refractivity contribution in [2.45, 2.75) is 26.2 Å². The topological polar surface area (TPSA) is 126 Å². The highest BCUT2D eigenvalue weighted by Gasteiger charge is 2.18. The monoisotopic (exact) mass is 516 g/mol. The van der Waals surface area contributed by atoms with Gasteiger partial charge in [-0.2, -0.15) is 9.78 Å². The van der Waals surface area contributed by atoms with Gasteiger partial charge in [-0.1, -0.05) is 29.8 Å². The lowest BCUT2D eigenvalue weighted by Gasteiger charge is -2.14. The average Bonchev–Trinajstić information content (AvgIpc) is 2.81. The molecular formula is C22H21BrN4O6. The Morgan fingerprint density at radius 3 is 2.76 bits per heavy atom. The number of hydrogen-bond donors (Lipinski definition) is 0. The number of halogens is 1. The van der Waals surface area contributed by atoms with E-state index in [1.807, 2.05) is 19.9 Å². The Kier molecular flexibility index (Phi) is 7.54. The second kappa shape index (κ2) is 10.3.